The molecular formula is C13H18N4O3S. The predicted molar refractivity (Wildman–Crippen MR) is 76.1 cm³/mol. The first-order chi connectivity index (χ1) is 9.88. The van der Waals surface area contributed by atoms with E-state index in [4.69, 9.17) is 10.2 Å². The van der Waals surface area contributed by atoms with Crippen molar-refractivity contribution < 1.29 is 12.8 Å². The van der Waals surface area contributed by atoms with Crippen LogP contribution in [0.25, 0.3) is 0 Å². The van der Waals surface area contributed by atoms with Crippen molar-refractivity contribution in [1.82, 2.24) is 13.9 Å². The van der Waals surface area contributed by atoms with Gasteiger partial charge in [0.15, 0.2) is 5.03 Å². The summed E-state index contributed by atoms with van der Waals surface area (Å²) in [7, 11) is -1.87. The molecule has 2 atom stereocenters. The zero-order valence-electron chi connectivity index (χ0n) is 11.9. The number of nitrogens with zero attached hydrogens (tertiary/aromatic N) is 3. The molecule has 1 aliphatic rings. The first-order valence-electron chi connectivity index (χ1n) is 6.68. The van der Waals surface area contributed by atoms with Gasteiger partial charge in [0.2, 0.25) is 0 Å². The zero-order chi connectivity index (χ0) is 15.2. The maximum absolute atomic E-state index is 12.5. The molecule has 1 aliphatic heterocycles. The Labute approximate surface area is 123 Å². The monoisotopic (exact) mass is 310 g/mol. The Morgan fingerprint density at radius 3 is 2.71 bits per heavy atom. The lowest BCUT2D eigenvalue weighted by atomic mass is 10.0. The zero-order valence-corrected chi connectivity index (χ0v) is 12.7. The molecule has 1 fully saturated rings. The lowest BCUT2D eigenvalue weighted by molar-refractivity contribution is 0.428. The summed E-state index contributed by atoms with van der Waals surface area (Å²) in [6.07, 6.45) is 2.96. The van der Waals surface area contributed by atoms with Gasteiger partial charge >= 0.3 is 0 Å². The van der Waals surface area contributed by atoms with Crippen molar-refractivity contribution in [2.24, 2.45) is 12.8 Å². The second-order valence-corrected chi connectivity index (χ2v) is 7.30. The Bertz CT molecular complexity index is 749. The highest BCUT2D eigenvalue weighted by Crippen LogP contribution is 2.31. The Morgan fingerprint density at radius 1 is 1.38 bits per heavy atom. The summed E-state index contributed by atoms with van der Waals surface area (Å²) in [6.45, 7) is 2.43. The fraction of sp³-hybridized carbons (Fsp3) is 0.462. The molecule has 7 nitrogen and oxygen atoms in total. The van der Waals surface area contributed by atoms with Gasteiger partial charge in [-0.25, -0.2) is 13.4 Å². The number of furan rings is 1. The van der Waals surface area contributed by atoms with Crippen molar-refractivity contribution in [3.05, 3.63) is 36.2 Å². The molecule has 0 spiro atoms. The molecule has 21 heavy (non-hydrogen) atoms. The third-order valence-corrected chi connectivity index (χ3v) is 5.46. The van der Waals surface area contributed by atoms with E-state index >= 15 is 0 Å². The summed E-state index contributed by atoms with van der Waals surface area (Å²) < 4.78 is 33.7. The van der Waals surface area contributed by atoms with Crippen molar-refractivity contribution in [1.29, 1.82) is 0 Å². The molecule has 8 heteroatoms. The number of imidazole rings is 1. The van der Waals surface area contributed by atoms with Crippen LogP contribution in [0.3, 0.4) is 0 Å². The number of aromatic nitrogens is 2. The van der Waals surface area contributed by atoms with E-state index in [1.54, 1.807) is 11.6 Å². The molecule has 114 valence electrons. The van der Waals surface area contributed by atoms with E-state index in [1.165, 1.54) is 16.8 Å². The first kappa shape index (κ1) is 14.3. The van der Waals surface area contributed by atoms with Crippen molar-refractivity contribution >= 4 is 10.0 Å². The van der Waals surface area contributed by atoms with Gasteiger partial charge in [-0.1, -0.05) is 0 Å². The van der Waals surface area contributed by atoms with Crippen LogP contribution in [0.5, 0.6) is 0 Å². The molecule has 3 rings (SSSR count). The highest BCUT2D eigenvalue weighted by atomic mass is 32.2. The number of hydrogen-bond donors (Lipinski definition) is 1. The van der Waals surface area contributed by atoms with Crippen molar-refractivity contribution in [2.45, 2.75) is 23.9 Å². The van der Waals surface area contributed by atoms with Gasteiger partial charge in [-0.3, -0.25) is 0 Å². The summed E-state index contributed by atoms with van der Waals surface area (Å²) in [5.74, 6) is 1.40. The van der Waals surface area contributed by atoms with E-state index in [1.807, 2.05) is 19.1 Å². The molecule has 3 heterocycles. The van der Waals surface area contributed by atoms with Crippen LogP contribution in [0.1, 0.15) is 17.4 Å². The van der Waals surface area contributed by atoms with Crippen LogP contribution in [-0.4, -0.2) is 41.4 Å². The third-order valence-electron chi connectivity index (χ3n) is 3.74. The summed E-state index contributed by atoms with van der Waals surface area (Å²) in [4.78, 5) is 3.93. The van der Waals surface area contributed by atoms with Gasteiger partial charge in [-0.15, -0.1) is 0 Å². The minimum absolute atomic E-state index is 0.0495. The lowest BCUT2D eigenvalue weighted by Gasteiger charge is -2.13. The minimum Gasteiger partial charge on any atom is -0.466 e. The van der Waals surface area contributed by atoms with Crippen LogP contribution in [0.15, 0.2) is 34.1 Å². The van der Waals surface area contributed by atoms with Crippen molar-refractivity contribution in [3.63, 3.8) is 0 Å². The van der Waals surface area contributed by atoms with Crippen LogP contribution in [0, 0.1) is 6.92 Å². The minimum atomic E-state index is -3.61. The molecule has 0 amide bonds. The molecule has 0 aromatic carbocycles. The van der Waals surface area contributed by atoms with Crippen LogP contribution in [-0.2, 0) is 17.1 Å². The topological polar surface area (TPSA) is 94.4 Å². The first-order valence-corrected chi connectivity index (χ1v) is 8.12. The van der Waals surface area contributed by atoms with Gasteiger partial charge in [0.25, 0.3) is 10.0 Å². The second-order valence-electron chi connectivity index (χ2n) is 5.42. The average molecular weight is 310 g/mol. The standard InChI is InChI=1S/C13H18N4O3S/c1-9-3-4-12(20-9)10-5-17(6-11(10)14)21(18,19)13-7-16(2)8-15-13/h3-4,7-8,10-11H,5-6,14H2,1-2H3/t10-,11-/m0/s1. The highest BCUT2D eigenvalue weighted by Gasteiger charge is 2.40. The van der Waals surface area contributed by atoms with Crippen molar-refractivity contribution in [2.75, 3.05) is 13.1 Å². The molecule has 2 N–H and O–H groups in total. The third kappa shape index (κ3) is 2.50. The summed E-state index contributed by atoms with van der Waals surface area (Å²) >= 11 is 0. The van der Waals surface area contributed by atoms with E-state index in [2.05, 4.69) is 4.98 Å². The normalized spacial score (nSPS) is 23.8. The van der Waals surface area contributed by atoms with Crippen LogP contribution in [0.2, 0.25) is 0 Å². The van der Waals surface area contributed by atoms with Crippen LogP contribution in [0.4, 0.5) is 0 Å². The van der Waals surface area contributed by atoms with E-state index < -0.39 is 10.0 Å². The average Bonchev–Trinajstić information content (AvgIpc) is 3.10. The summed E-state index contributed by atoms with van der Waals surface area (Å²) in [6, 6.07) is 3.43. The summed E-state index contributed by atoms with van der Waals surface area (Å²) in [5, 5.41) is 0.0495. The highest BCUT2D eigenvalue weighted by molar-refractivity contribution is 7.89. The van der Waals surface area contributed by atoms with E-state index in [9.17, 15) is 8.42 Å². The summed E-state index contributed by atoms with van der Waals surface area (Å²) in [5.41, 5.74) is 6.10. The van der Waals surface area contributed by atoms with Crippen LogP contribution >= 0.6 is 0 Å². The number of hydrogen-bond acceptors (Lipinski definition) is 5. The largest absolute Gasteiger partial charge is 0.466 e. The molecule has 1 saturated heterocycles. The second kappa shape index (κ2) is 4.97. The van der Waals surface area contributed by atoms with E-state index in [0.29, 0.717) is 6.54 Å². The van der Waals surface area contributed by atoms with Gasteiger partial charge in [-0.05, 0) is 19.1 Å². The molecule has 0 aliphatic carbocycles. The Hall–Kier alpha value is -1.64. The predicted octanol–water partition coefficient (Wildman–Crippen LogP) is 0.437. The van der Waals surface area contributed by atoms with Gasteiger partial charge in [-0.2, -0.15) is 4.31 Å². The van der Waals surface area contributed by atoms with E-state index in [-0.39, 0.29) is 23.5 Å². The number of sulfonamides is 1. The number of nitrogens with two attached hydrogens (primary N) is 1. The molecule has 2 aromatic rings. The SMILES string of the molecule is Cc1ccc([C@H]2CN(S(=O)(=O)c3cn(C)cn3)C[C@@H]2N)o1. The Morgan fingerprint density at radius 2 is 2.14 bits per heavy atom. The quantitative estimate of drug-likeness (QED) is 0.887. The molecule has 2 aromatic heterocycles. The molecule has 0 radical (unpaired) electrons. The van der Waals surface area contributed by atoms with Crippen LogP contribution < -0.4 is 5.73 Å². The molecular weight excluding hydrogens is 292 g/mol. The maximum atomic E-state index is 12.5. The van der Waals surface area contributed by atoms with Gasteiger partial charge in [0.05, 0.1) is 6.33 Å². The van der Waals surface area contributed by atoms with Gasteiger partial charge in [0.1, 0.15) is 11.5 Å². The fourth-order valence-electron chi connectivity index (χ4n) is 2.60. The Kier molecular flexibility index (Phi) is 3.39. The van der Waals surface area contributed by atoms with Gasteiger partial charge in [0, 0.05) is 38.3 Å². The molecule has 0 saturated carbocycles. The fourth-order valence-corrected chi connectivity index (χ4v) is 4.07. The number of aryl methyl sites for hydroxylation is 2. The maximum Gasteiger partial charge on any atom is 0.262 e. The van der Waals surface area contributed by atoms with Crippen molar-refractivity contribution in [3.8, 4) is 0 Å². The molecule has 0 bridgehead atoms. The smallest absolute Gasteiger partial charge is 0.262 e. The lowest BCUT2D eigenvalue weighted by Crippen LogP contribution is -2.32. The molecule has 0 unspecified atom stereocenters. The van der Waals surface area contributed by atoms with Gasteiger partial charge < -0.3 is 14.7 Å². The number of rotatable bonds is 3. The Balaban J connectivity index is 1.85. The van der Waals surface area contributed by atoms with E-state index in [0.717, 1.165) is 11.5 Å².